The normalized spacial score (nSPS) is 11.1. The Morgan fingerprint density at radius 2 is 1.55 bits per heavy atom. The van der Waals surface area contributed by atoms with Crippen LogP contribution in [0.5, 0.6) is 0 Å². The highest BCUT2D eigenvalue weighted by Gasteiger charge is 2.19. The van der Waals surface area contributed by atoms with E-state index in [0.717, 1.165) is 28.2 Å². The van der Waals surface area contributed by atoms with Crippen LogP contribution < -0.4 is 5.32 Å². The predicted molar refractivity (Wildman–Crippen MR) is 129 cm³/mol. The summed E-state index contributed by atoms with van der Waals surface area (Å²) in [5.41, 5.74) is 5.49. The average Bonchev–Trinajstić information content (AvgIpc) is 3.19. The van der Waals surface area contributed by atoms with Gasteiger partial charge in [-0.1, -0.05) is 66.7 Å². The number of nitrogens with one attached hydrogen (secondary N) is 1. The van der Waals surface area contributed by atoms with Crippen LogP contribution >= 0.6 is 0 Å². The quantitative estimate of drug-likeness (QED) is 0.396. The number of imidazole rings is 1. The Bertz CT molecular complexity index is 1360. The number of carbonyl (C=O) groups is 1. The van der Waals surface area contributed by atoms with Crippen molar-refractivity contribution in [2.75, 3.05) is 5.32 Å². The van der Waals surface area contributed by atoms with E-state index >= 15 is 0 Å². The topological polar surface area (TPSA) is 72.2 Å². The molecule has 0 aliphatic carbocycles. The van der Waals surface area contributed by atoms with Gasteiger partial charge in [-0.3, -0.25) is 14.5 Å². The molecule has 3 heterocycles. The number of nitrogens with zero attached hydrogens (tertiary/aromatic N) is 4. The fourth-order valence-electron chi connectivity index (χ4n) is 4.13. The van der Waals surface area contributed by atoms with E-state index in [1.165, 1.54) is 0 Å². The molecule has 5 rings (SSSR count). The van der Waals surface area contributed by atoms with Crippen LogP contribution in [-0.2, 0) is 4.79 Å². The third kappa shape index (κ3) is 4.36. The highest BCUT2D eigenvalue weighted by molar-refractivity contribution is 5.90. The third-order valence-electron chi connectivity index (χ3n) is 5.65. The van der Waals surface area contributed by atoms with Crippen molar-refractivity contribution in [3.05, 3.63) is 114 Å². The first-order valence-electron chi connectivity index (χ1n) is 10.9. The van der Waals surface area contributed by atoms with Crippen LogP contribution in [-0.4, -0.2) is 25.3 Å². The van der Waals surface area contributed by atoms with E-state index in [1.807, 2.05) is 78.2 Å². The lowest BCUT2D eigenvalue weighted by Gasteiger charge is -2.17. The van der Waals surface area contributed by atoms with Crippen molar-refractivity contribution in [3.63, 3.8) is 0 Å². The molecule has 0 aliphatic heterocycles. The molecule has 0 saturated carbocycles. The van der Waals surface area contributed by atoms with Gasteiger partial charge in [0.2, 0.25) is 11.9 Å². The standard InChI is InChI=1S/C27H23N5O/c1-19-26(32-17-9-8-14-24(32)29-19)23-15-16-28-27(30-23)31-25(33)18-22(20-10-4-2-5-11-20)21-12-6-3-7-13-21/h2-17,22H,18H2,1H3,(H,28,30,31,33). The number of rotatable bonds is 6. The van der Waals surface area contributed by atoms with E-state index < -0.39 is 0 Å². The zero-order valence-electron chi connectivity index (χ0n) is 18.2. The molecule has 0 spiro atoms. The Kier molecular flexibility index (Phi) is 5.64. The third-order valence-corrected chi connectivity index (χ3v) is 5.65. The van der Waals surface area contributed by atoms with Gasteiger partial charge in [0.25, 0.3) is 0 Å². The monoisotopic (exact) mass is 433 g/mol. The first kappa shape index (κ1) is 20.6. The second-order valence-electron chi connectivity index (χ2n) is 7.87. The van der Waals surface area contributed by atoms with Crippen LogP contribution in [0.4, 0.5) is 5.95 Å². The molecule has 5 aromatic rings. The number of hydrogen-bond donors (Lipinski definition) is 1. The number of fused-ring (bicyclic) bond motifs is 1. The lowest BCUT2D eigenvalue weighted by atomic mass is 9.88. The largest absolute Gasteiger partial charge is 0.298 e. The SMILES string of the molecule is Cc1nc2ccccn2c1-c1ccnc(NC(=O)CC(c2ccccc2)c2ccccc2)n1. The molecule has 33 heavy (non-hydrogen) atoms. The highest BCUT2D eigenvalue weighted by atomic mass is 16.1. The fraction of sp³-hybridized carbons (Fsp3) is 0.111. The van der Waals surface area contributed by atoms with Gasteiger partial charge in [-0.05, 0) is 36.2 Å². The van der Waals surface area contributed by atoms with Gasteiger partial charge >= 0.3 is 0 Å². The predicted octanol–water partition coefficient (Wildman–Crippen LogP) is 5.26. The molecule has 3 aromatic heterocycles. The van der Waals surface area contributed by atoms with Crippen LogP contribution in [0.25, 0.3) is 17.0 Å². The van der Waals surface area contributed by atoms with Gasteiger partial charge in [0, 0.05) is 24.7 Å². The fourth-order valence-corrected chi connectivity index (χ4v) is 4.13. The summed E-state index contributed by atoms with van der Waals surface area (Å²) in [5, 5.41) is 2.89. The first-order chi connectivity index (χ1) is 16.2. The number of anilines is 1. The van der Waals surface area contributed by atoms with E-state index in [-0.39, 0.29) is 24.2 Å². The van der Waals surface area contributed by atoms with Crippen molar-refractivity contribution in [1.29, 1.82) is 0 Å². The molecule has 2 aromatic carbocycles. The second-order valence-corrected chi connectivity index (χ2v) is 7.87. The molecule has 0 radical (unpaired) electrons. The van der Waals surface area contributed by atoms with E-state index in [4.69, 9.17) is 0 Å². The van der Waals surface area contributed by atoms with Crippen LogP contribution in [0.15, 0.2) is 97.3 Å². The minimum Gasteiger partial charge on any atom is -0.298 e. The molecule has 162 valence electrons. The molecule has 0 aliphatic rings. The summed E-state index contributed by atoms with van der Waals surface area (Å²) in [7, 11) is 0. The maximum atomic E-state index is 13.0. The van der Waals surface area contributed by atoms with Crippen molar-refractivity contribution in [3.8, 4) is 11.4 Å². The van der Waals surface area contributed by atoms with Gasteiger partial charge in [-0.15, -0.1) is 0 Å². The highest BCUT2D eigenvalue weighted by Crippen LogP contribution is 2.28. The Labute approximate surface area is 192 Å². The summed E-state index contributed by atoms with van der Waals surface area (Å²) in [4.78, 5) is 26.5. The summed E-state index contributed by atoms with van der Waals surface area (Å²) in [6.07, 6.45) is 3.90. The summed E-state index contributed by atoms with van der Waals surface area (Å²) in [5.74, 6) is 0.0824. The van der Waals surface area contributed by atoms with Gasteiger partial charge < -0.3 is 0 Å². The molecule has 1 amide bonds. The number of carbonyl (C=O) groups excluding carboxylic acids is 1. The smallest absolute Gasteiger partial charge is 0.229 e. The van der Waals surface area contributed by atoms with E-state index in [9.17, 15) is 4.79 Å². The molecular weight excluding hydrogens is 410 g/mol. The second kappa shape index (κ2) is 9.04. The number of hydrogen-bond acceptors (Lipinski definition) is 4. The van der Waals surface area contributed by atoms with E-state index in [1.54, 1.807) is 6.20 Å². The summed E-state index contributed by atoms with van der Waals surface area (Å²) < 4.78 is 1.99. The van der Waals surface area contributed by atoms with Crippen molar-refractivity contribution >= 4 is 17.5 Å². The number of amides is 1. The van der Waals surface area contributed by atoms with Crippen LogP contribution in [0.3, 0.4) is 0 Å². The van der Waals surface area contributed by atoms with Gasteiger partial charge in [-0.25, -0.2) is 15.0 Å². The average molecular weight is 434 g/mol. The molecular formula is C27H23N5O. The zero-order valence-corrected chi connectivity index (χ0v) is 18.2. The number of pyridine rings is 1. The molecule has 0 atom stereocenters. The van der Waals surface area contributed by atoms with Gasteiger partial charge in [-0.2, -0.15) is 0 Å². The molecule has 6 heteroatoms. The van der Waals surface area contributed by atoms with Crippen LogP contribution in [0.1, 0.15) is 29.2 Å². The molecule has 0 fully saturated rings. The summed E-state index contributed by atoms with van der Waals surface area (Å²) in [6.45, 7) is 1.95. The molecule has 1 N–H and O–H groups in total. The van der Waals surface area contributed by atoms with Crippen molar-refractivity contribution in [2.45, 2.75) is 19.3 Å². The lowest BCUT2D eigenvalue weighted by Crippen LogP contribution is -2.18. The Morgan fingerprint density at radius 3 is 2.24 bits per heavy atom. The Hall–Kier alpha value is -4.32. The molecule has 0 saturated heterocycles. The maximum absolute atomic E-state index is 13.0. The van der Waals surface area contributed by atoms with E-state index in [2.05, 4.69) is 44.5 Å². The van der Waals surface area contributed by atoms with Gasteiger partial charge in [0.15, 0.2) is 0 Å². The van der Waals surface area contributed by atoms with Crippen LogP contribution in [0.2, 0.25) is 0 Å². The Morgan fingerprint density at radius 1 is 0.879 bits per heavy atom. The summed E-state index contributed by atoms with van der Waals surface area (Å²) >= 11 is 0. The molecule has 0 unspecified atom stereocenters. The summed E-state index contributed by atoms with van der Waals surface area (Å²) in [6, 6.07) is 27.8. The number of aryl methyl sites for hydroxylation is 1. The number of aromatic nitrogens is 4. The lowest BCUT2D eigenvalue weighted by molar-refractivity contribution is -0.116. The van der Waals surface area contributed by atoms with Crippen molar-refractivity contribution in [2.24, 2.45) is 0 Å². The van der Waals surface area contributed by atoms with E-state index in [0.29, 0.717) is 5.69 Å². The zero-order chi connectivity index (χ0) is 22.6. The number of benzene rings is 2. The molecule has 6 nitrogen and oxygen atoms in total. The molecule has 0 bridgehead atoms. The van der Waals surface area contributed by atoms with Crippen molar-refractivity contribution < 1.29 is 4.79 Å². The minimum absolute atomic E-state index is 0.0587. The van der Waals surface area contributed by atoms with Gasteiger partial charge in [0.05, 0.1) is 17.1 Å². The van der Waals surface area contributed by atoms with Gasteiger partial charge in [0.1, 0.15) is 5.65 Å². The maximum Gasteiger partial charge on any atom is 0.229 e. The van der Waals surface area contributed by atoms with Crippen LogP contribution in [0, 0.1) is 6.92 Å². The first-order valence-corrected chi connectivity index (χ1v) is 10.9. The Balaban J connectivity index is 1.40. The minimum atomic E-state index is -0.139. The van der Waals surface area contributed by atoms with Crippen molar-refractivity contribution in [1.82, 2.24) is 19.4 Å².